The second kappa shape index (κ2) is 11.9. The molecule has 0 radical (unpaired) electrons. The van der Waals surface area contributed by atoms with Gasteiger partial charge in [-0.15, -0.1) is 0 Å². The molecule has 0 aromatic heterocycles. The highest BCUT2D eigenvalue weighted by Crippen LogP contribution is 2.39. The predicted octanol–water partition coefficient (Wildman–Crippen LogP) is 6.47. The molecule has 0 aliphatic heterocycles. The Morgan fingerprint density at radius 1 is 0.926 bits per heavy atom. The summed E-state index contributed by atoms with van der Waals surface area (Å²) in [6, 6.07) is 0. The number of unbranched alkanes of at least 4 members (excludes halogenated alkanes) is 3. The lowest BCUT2D eigenvalue weighted by Gasteiger charge is -2.36. The minimum Gasteiger partial charge on any atom is -0.498 e. The van der Waals surface area contributed by atoms with Gasteiger partial charge in [0.15, 0.2) is 8.32 Å². The summed E-state index contributed by atoms with van der Waals surface area (Å²) >= 11 is 0. The Morgan fingerprint density at radius 3 is 1.96 bits per heavy atom. The number of ether oxygens (including phenoxy) is 2. The summed E-state index contributed by atoms with van der Waals surface area (Å²) in [5, 5.41) is 0.257. The molecule has 0 saturated carbocycles. The first-order valence-electron chi connectivity index (χ1n) is 10.6. The van der Waals surface area contributed by atoms with Gasteiger partial charge in [-0.2, -0.15) is 0 Å². The maximum atomic E-state index is 12.6. The fourth-order valence-electron chi connectivity index (χ4n) is 2.88. The number of rotatable bonds is 14. The third-order valence-corrected chi connectivity index (χ3v) is 10.4. The average molecular weight is 401 g/mol. The van der Waals surface area contributed by atoms with Gasteiger partial charge in [-0.1, -0.05) is 53.5 Å². The molecule has 0 spiro atoms. The van der Waals surface area contributed by atoms with Crippen LogP contribution in [0.2, 0.25) is 18.1 Å². The van der Waals surface area contributed by atoms with Crippen molar-refractivity contribution in [3.8, 4) is 0 Å². The molecule has 5 heteroatoms. The Balaban J connectivity index is 4.50. The van der Waals surface area contributed by atoms with Crippen molar-refractivity contribution < 1.29 is 18.7 Å². The van der Waals surface area contributed by atoms with Crippen LogP contribution in [0.5, 0.6) is 0 Å². The number of hydrogen-bond donors (Lipinski definition) is 0. The van der Waals surface area contributed by atoms with E-state index in [1.807, 2.05) is 20.8 Å². The molecule has 0 amide bonds. The van der Waals surface area contributed by atoms with E-state index in [2.05, 4.69) is 40.4 Å². The minimum atomic E-state index is -1.65. The molecule has 1 atom stereocenters. The first kappa shape index (κ1) is 26.2. The molecule has 0 fully saturated rings. The molecule has 1 unspecified atom stereocenters. The molecule has 0 aromatic rings. The zero-order valence-electron chi connectivity index (χ0n) is 19.2. The molecule has 0 rings (SSSR count). The lowest BCUT2D eigenvalue weighted by molar-refractivity contribution is -0.156. The number of carbonyl (C=O) groups excluding carboxylic acids is 1. The van der Waals surface area contributed by atoms with Crippen LogP contribution in [0.3, 0.4) is 0 Å². The normalized spacial score (nSPS) is 14.5. The van der Waals surface area contributed by atoms with Gasteiger partial charge >= 0.3 is 5.97 Å². The quantitative estimate of drug-likeness (QED) is 0.145. The van der Waals surface area contributed by atoms with Crippen LogP contribution in [-0.4, -0.2) is 34.1 Å². The van der Waals surface area contributed by atoms with E-state index in [0.717, 1.165) is 38.7 Å². The molecule has 0 N–H and O–H groups in total. The molecule has 0 aliphatic carbocycles. The molecule has 0 saturated heterocycles. The van der Waals surface area contributed by atoms with Crippen molar-refractivity contribution in [1.29, 1.82) is 0 Å². The standard InChI is InChI=1S/C22H44O4Si/c1-10-22(19(4)24-11-2,20(23)25-12-3)17-15-13-14-16-18-26-27(8,9)21(5,6)7/h4,10-18H2,1-3,5-9H3. The van der Waals surface area contributed by atoms with Crippen LogP contribution >= 0.6 is 0 Å². The van der Waals surface area contributed by atoms with Crippen LogP contribution < -0.4 is 0 Å². The second-order valence-electron chi connectivity index (χ2n) is 8.79. The molecule has 0 aromatic carbocycles. The van der Waals surface area contributed by atoms with Crippen LogP contribution in [0.4, 0.5) is 0 Å². The van der Waals surface area contributed by atoms with E-state index in [4.69, 9.17) is 13.9 Å². The van der Waals surface area contributed by atoms with E-state index >= 15 is 0 Å². The summed E-state index contributed by atoms with van der Waals surface area (Å²) in [7, 11) is -1.65. The van der Waals surface area contributed by atoms with Gasteiger partial charge in [-0.25, -0.2) is 0 Å². The van der Waals surface area contributed by atoms with Gasteiger partial charge in [0.2, 0.25) is 0 Å². The van der Waals surface area contributed by atoms with E-state index in [9.17, 15) is 4.79 Å². The second-order valence-corrected chi connectivity index (χ2v) is 13.6. The Morgan fingerprint density at radius 2 is 1.48 bits per heavy atom. The van der Waals surface area contributed by atoms with E-state index in [-0.39, 0.29) is 11.0 Å². The number of esters is 1. The van der Waals surface area contributed by atoms with E-state index < -0.39 is 13.7 Å². The summed E-state index contributed by atoms with van der Waals surface area (Å²) in [4.78, 5) is 12.6. The van der Waals surface area contributed by atoms with Crippen LogP contribution in [-0.2, 0) is 18.7 Å². The maximum absolute atomic E-state index is 12.6. The Labute approximate surface area is 169 Å². The summed E-state index contributed by atoms with van der Waals surface area (Å²) in [5.74, 6) is 0.347. The van der Waals surface area contributed by atoms with Gasteiger partial charge in [0, 0.05) is 6.61 Å². The number of carbonyl (C=O) groups is 1. The first-order valence-corrected chi connectivity index (χ1v) is 13.5. The Bertz CT molecular complexity index is 434. The summed E-state index contributed by atoms with van der Waals surface area (Å²) in [5.41, 5.74) is -0.719. The highest BCUT2D eigenvalue weighted by molar-refractivity contribution is 6.74. The van der Waals surface area contributed by atoms with Crippen LogP contribution in [0.1, 0.15) is 80.1 Å². The molecule has 0 heterocycles. The molecular formula is C22H44O4Si. The van der Waals surface area contributed by atoms with Crippen LogP contribution in [0, 0.1) is 5.41 Å². The smallest absolute Gasteiger partial charge is 0.319 e. The third kappa shape index (κ3) is 7.98. The molecule has 0 bridgehead atoms. The zero-order chi connectivity index (χ0) is 21.1. The largest absolute Gasteiger partial charge is 0.498 e. The number of hydrogen-bond acceptors (Lipinski definition) is 4. The maximum Gasteiger partial charge on any atom is 0.319 e. The fourth-order valence-corrected chi connectivity index (χ4v) is 3.97. The highest BCUT2D eigenvalue weighted by Gasteiger charge is 2.42. The predicted molar refractivity (Wildman–Crippen MR) is 116 cm³/mol. The van der Waals surface area contributed by atoms with Crippen molar-refractivity contribution in [2.24, 2.45) is 5.41 Å². The summed E-state index contributed by atoms with van der Waals surface area (Å²) in [6.45, 7) is 22.9. The Kier molecular flexibility index (Phi) is 11.5. The molecule has 0 aliphatic rings. The zero-order valence-corrected chi connectivity index (χ0v) is 20.2. The van der Waals surface area contributed by atoms with Gasteiger partial charge in [0.1, 0.15) is 11.2 Å². The lowest BCUT2D eigenvalue weighted by atomic mass is 9.78. The van der Waals surface area contributed by atoms with Crippen LogP contribution in [0.25, 0.3) is 0 Å². The molecular weight excluding hydrogens is 356 g/mol. The molecule has 160 valence electrons. The van der Waals surface area contributed by atoms with Crippen molar-refractivity contribution in [3.05, 3.63) is 12.3 Å². The monoisotopic (exact) mass is 400 g/mol. The average Bonchev–Trinajstić information content (AvgIpc) is 2.57. The van der Waals surface area contributed by atoms with Crippen molar-refractivity contribution in [2.75, 3.05) is 19.8 Å². The molecule has 4 nitrogen and oxygen atoms in total. The summed E-state index contributed by atoms with van der Waals surface area (Å²) < 4.78 is 17.2. The van der Waals surface area contributed by atoms with Gasteiger partial charge in [0.05, 0.1) is 13.2 Å². The van der Waals surface area contributed by atoms with Gasteiger partial charge in [-0.05, 0) is 51.2 Å². The van der Waals surface area contributed by atoms with E-state index in [1.54, 1.807) is 0 Å². The first-order chi connectivity index (χ1) is 12.5. The Hall–Kier alpha value is -0.813. The van der Waals surface area contributed by atoms with Gasteiger partial charge < -0.3 is 13.9 Å². The van der Waals surface area contributed by atoms with Crippen molar-refractivity contribution in [1.82, 2.24) is 0 Å². The lowest BCUT2D eigenvalue weighted by Crippen LogP contribution is -2.40. The van der Waals surface area contributed by atoms with Gasteiger partial charge in [0.25, 0.3) is 0 Å². The van der Waals surface area contributed by atoms with Crippen molar-refractivity contribution in [2.45, 2.75) is 98.2 Å². The van der Waals surface area contributed by atoms with Gasteiger partial charge in [-0.3, -0.25) is 4.79 Å². The third-order valence-electron chi connectivity index (χ3n) is 5.89. The van der Waals surface area contributed by atoms with Crippen LogP contribution in [0.15, 0.2) is 12.3 Å². The van der Waals surface area contributed by atoms with Crippen molar-refractivity contribution >= 4 is 14.3 Å². The van der Waals surface area contributed by atoms with Crippen molar-refractivity contribution in [3.63, 3.8) is 0 Å². The van der Waals surface area contributed by atoms with E-state index in [0.29, 0.717) is 25.4 Å². The minimum absolute atomic E-state index is 0.202. The van der Waals surface area contributed by atoms with E-state index in [1.165, 1.54) is 0 Å². The molecule has 27 heavy (non-hydrogen) atoms. The summed E-state index contributed by atoms with van der Waals surface area (Å²) in [6.07, 6.45) is 5.58. The fraction of sp³-hybridized carbons (Fsp3) is 0.864. The topological polar surface area (TPSA) is 44.8 Å². The highest BCUT2D eigenvalue weighted by atomic mass is 28.4. The SMILES string of the molecule is C=C(OCC)C(CC)(CCCCCCO[Si](C)(C)C(C)(C)C)C(=O)OCC.